The van der Waals surface area contributed by atoms with E-state index in [0.717, 1.165) is 22.4 Å². The van der Waals surface area contributed by atoms with Gasteiger partial charge in [0.05, 0.1) is 6.20 Å². The van der Waals surface area contributed by atoms with Crippen molar-refractivity contribution < 1.29 is 18.3 Å². The van der Waals surface area contributed by atoms with Crippen LogP contribution in [-0.4, -0.2) is 34.7 Å². The number of H-pyrrole nitrogens is 1. The van der Waals surface area contributed by atoms with Gasteiger partial charge in [-0.15, -0.1) is 11.3 Å². The van der Waals surface area contributed by atoms with E-state index >= 15 is 0 Å². The number of anilines is 1. The molecule has 0 amide bonds. The summed E-state index contributed by atoms with van der Waals surface area (Å²) in [5.74, 6) is -1.38. The highest BCUT2D eigenvalue weighted by Crippen LogP contribution is 2.21. The molecule has 0 saturated carbocycles. The Bertz CT molecular complexity index is 688. The molecule has 0 aliphatic rings. The summed E-state index contributed by atoms with van der Waals surface area (Å²) in [7, 11) is -4.03. The first kappa shape index (κ1) is 12.5. The molecule has 10 heteroatoms. The summed E-state index contributed by atoms with van der Waals surface area (Å²) in [6.45, 7) is 1.77. The zero-order chi connectivity index (χ0) is 13.3. The monoisotopic (exact) mass is 288 g/mol. The summed E-state index contributed by atoms with van der Waals surface area (Å²) in [4.78, 5) is 15.5. The molecule has 2 aromatic heterocycles. The topological polar surface area (TPSA) is 125 Å². The molecule has 0 fully saturated rings. The normalized spacial score (nSPS) is 11.4. The molecule has 0 spiro atoms. The summed E-state index contributed by atoms with van der Waals surface area (Å²) < 4.78 is 26.0. The number of nitrogens with one attached hydrogen (secondary N) is 2. The van der Waals surface area contributed by atoms with Gasteiger partial charge in [-0.05, 0) is 6.92 Å². The van der Waals surface area contributed by atoms with Crippen molar-refractivity contribution in [1.82, 2.24) is 15.2 Å². The van der Waals surface area contributed by atoms with Gasteiger partial charge in [-0.2, -0.15) is 13.5 Å². The molecule has 0 bridgehead atoms. The van der Waals surface area contributed by atoms with Gasteiger partial charge >= 0.3 is 5.97 Å². The van der Waals surface area contributed by atoms with E-state index in [2.05, 4.69) is 19.9 Å². The molecular formula is C8H8N4O4S2. The first-order valence-corrected chi connectivity index (χ1v) is 6.92. The lowest BCUT2D eigenvalue weighted by molar-refractivity contribution is 0.0692. The number of carbonyl (C=O) groups is 1. The van der Waals surface area contributed by atoms with Gasteiger partial charge in [0.2, 0.25) is 0 Å². The number of hydrogen-bond donors (Lipinski definition) is 3. The largest absolute Gasteiger partial charge is 0.478 e. The number of aromatic nitrogens is 3. The molecular weight excluding hydrogens is 280 g/mol. The van der Waals surface area contributed by atoms with Crippen molar-refractivity contribution in [1.29, 1.82) is 0 Å². The predicted octanol–water partition coefficient (Wildman–Crippen LogP) is 0.674. The molecule has 0 aliphatic carbocycles. The Morgan fingerprint density at radius 2 is 2.22 bits per heavy atom. The average Bonchev–Trinajstić information content (AvgIpc) is 2.86. The fraction of sp³-hybridized carbons (Fsp3) is 0.125. The van der Waals surface area contributed by atoms with Crippen LogP contribution >= 0.6 is 11.3 Å². The zero-order valence-corrected chi connectivity index (χ0v) is 10.7. The number of thiazole rings is 1. The molecule has 0 radical (unpaired) electrons. The van der Waals surface area contributed by atoms with E-state index in [9.17, 15) is 13.2 Å². The summed E-state index contributed by atoms with van der Waals surface area (Å²) in [5, 5.41) is 14.1. The van der Waals surface area contributed by atoms with Crippen molar-refractivity contribution in [2.45, 2.75) is 11.9 Å². The van der Waals surface area contributed by atoms with Crippen LogP contribution in [0.4, 0.5) is 5.13 Å². The molecule has 96 valence electrons. The summed E-state index contributed by atoms with van der Waals surface area (Å²) in [5.41, 5.74) is -0.421. The van der Waals surface area contributed by atoms with Gasteiger partial charge in [-0.1, -0.05) is 0 Å². The molecule has 2 aromatic rings. The van der Waals surface area contributed by atoms with Crippen molar-refractivity contribution in [3.63, 3.8) is 0 Å². The number of carboxylic acids is 1. The van der Waals surface area contributed by atoms with Crippen LogP contribution in [0.3, 0.4) is 0 Å². The van der Waals surface area contributed by atoms with Crippen LogP contribution in [0.5, 0.6) is 0 Å². The Kier molecular flexibility index (Phi) is 3.05. The Balaban J connectivity index is 2.37. The van der Waals surface area contributed by atoms with Gasteiger partial charge in [-0.25, -0.2) is 9.78 Å². The lowest BCUT2D eigenvalue weighted by Gasteiger charge is -2.03. The van der Waals surface area contributed by atoms with E-state index in [1.54, 1.807) is 6.92 Å². The minimum absolute atomic E-state index is 0.165. The Hall–Kier alpha value is -1.94. The lowest BCUT2D eigenvalue weighted by Crippen LogP contribution is -2.16. The maximum Gasteiger partial charge on any atom is 0.340 e. The smallest absolute Gasteiger partial charge is 0.340 e. The fourth-order valence-corrected chi connectivity index (χ4v) is 3.20. The second kappa shape index (κ2) is 4.38. The maximum atomic E-state index is 11.9. The molecule has 3 N–H and O–H groups in total. The Morgan fingerprint density at radius 1 is 1.50 bits per heavy atom. The third kappa shape index (κ3) is 2.33. The van der Waals surface area contributed by atoms with Crippen LogP contribution in [-0.2, 0) is 10.0 Å². The van der Waals surface area contributed by atoms with Gasteiger partial charge in [0.25, 0.3) is 10.0 Å². The minimum atomic E-state index is -4.03. The highest BCUT2D eigenvalue weighted by Gasteiger charge is 2.25. The van der Waals surface area contributed by atoms with Crippen molar-refractivity contribution in [3.8, 4) is 0 Å². The van der Waals surface area contributed by atoms with E-state index in [0.29, 0.717) is 0 Å². The van der Waals surface area contributed by atoms with Crippen molar-refractivity contribution >= 4 is 32.5 Å². The first-order valence-electron chi connectivity index (χ1n) is 4.62. The zero-order valence-electron chi connectivity index (χ0n) is 9.04. The SMILES string of the molecule is Cc1cnc(NS(=O)(=O)c2[nH]ncc2C(=O)O)s1. The van der Waals surface area contributed by atoms with Crippen LogP contribution in [0, 0.1) is 6.92 Å². The average molecular weight is 288 g/mol. The minimum Gasteiger partial charge on any atom is -0.478 e. The fourth-order valence-electron chi connectivity index (χ4n) is 1.20. The van der Waals surface area contributed by atoms with Gasteiger partial charge in [0.15, 0.2) is 10.2 Å². The van der Waals surface area contributed by atoms with Crippen molar-refractivity contribution in [3.05, 3.63) is 22.8 Å². The summed E-state index contributed by atoms with van der Waals surface area (Å²) >= 11 is 1.14. The molecule has 18 heavy (non-hydrogen) atoms. The van der Waals surface area contributed by atoms with Gasteiger partial charge < -0.3 is 5.11 Å². The molecule has 2 heterocycles. The molecule has 0 aliphatic heterocycles. The number of aryl methyl sites for hydroxylation is 1. The van der Waals surface area contributed by atoms with Gasteiger partial charge in [0, 0.05) is 11.1 Å². The van der Waals surface area contributed by atoms with Crippen LogP contribution in [0.2, 0.25) is 0 Å². The second-order valence-corrected chi connectivity index (χ2v) is 6.15. The van der Waals surface area contributed by atoms with Crippen molar-refractivity contribution in [2.24, 2.45) is 0 Å². The molecule has 0 unspecified atom stereocenters. The molecule has 0 atom stereocenters. The summed E-state index contributed by atoms with van der Waals surface area (Å²) in [6.07, 6.45) is 2.44. The molecule has 2 rings (SSSR count). The van der Waals surface area contributed by atoms with Crippen LogP contribution < -0.4 is 4.72 Å². The number of rotatable bonds is 4. The number of nitrogens with zero attached hydrogens (tertiary/aromatic N) is 2. The van der Waals surface area contributed by atoms with E-state index in [1.807, 2.05) is 0 Å². The number of aromatic amines is 1. The Labute approximate surface area is 106 Å². The van der Waals surface area contributed by atoms with Gasteiger partial charge in [0.1, 0.15) is 5.56 Å². The van der Waals surface area contributed by atoms with E-state index in [-0.39, 0.29) is 5.13 Å². The number of aromatic carboxylic acids is 1. The van der Waals surface area contributed by atoms with E-state index in [4.69, 9.17) is 5.11 Å². The first-order chi connectivity index (χ1) is 8.40. The maximum absolute atomic E-state index is 11.9. The third-order valence-corrected chi connectivity index (χ3v) is 4.21. The highest BCUT2D eigenvalue weighted by molar-refractivity contribution is 7.92. The third-order valence-electron chi connectivity index (χ3n) is 1.95. The van der Waals surface area contributed by atoms with Crippen LogP contribution in [0.25, 0.3) is 0 Å². The standard InChI is InChI=1S/C8H8N4O4S2/c1-4-2-9-8(17-4)12-18(15,16)6-5(7(13)14)3-10-11-6/h2-3H,1H3,(H,9,12)(H,10,11)(H,13,14). The van der Waals surface area contributed by atoms with Gasteiger partial charge in [-0.3, -0.25) is 9.82 Å². The predicted molar refractivity (Wildman–Crippen MR) is 63.2 cm³/mol. The quantitative estimate of drug-likeness (QED) is 0.759. The van der Waals surface area contributed by atoms with Crippen molar-refractivity contribution in [2.75, 3.05) is 4.72 Å². The van der Waals surface area contributed by atoms with Crippen LogP contribution in [0.15, 0.2) is 17.4 Å². The van der Waals surface area contributed by atoms with Crippen LogP contribution in [0.1, 0.15) is 15.2 Å². The number of carboxylic acid groups (broad SMARTS) is 1. The molecule has 0 aromatic carbocycles. The number of sulfonamides is 1. The summed E-state index contributed by atoms with van der Waals surface area (Å²) in [6, 6.07) is 0. The molecule has 8 nitrogen and oxygen atoms in total. The molecule has 0 saturated heterocycles. The van der Waals surface area contributed by atoms with E-state index < -0.39 is 26.6 Å². The second-order valence-electron chi connectivity index (χ2n) is 3.30. The van der Waals surface area contributed by atoms with E-state index in [1.165, 1.54) is 6.20 Å². The Morgan fingerprint density at radius 3 is 2.78 bits per heavy atom. The highest BCUT2D eigenvalue weighted by atomic mass is 32.2. The lowest BCUT2D eigenvalue weighted by atomic mass is 10.4. The number of hydrogen-bond acceptors (Lipinski definition) is 6.